The zero-order valence-corrected chi connectivity index (χ0v) is 35.2. The number of nitrogens with zero attached hydrogens (tertiary/aromatic N) is 4. The van der Waals surface area contributed by atoms with Crippen molar-refractivity contribution >= 4 is 23.4 Å². The van der Waals surface area contributed by atoms with Crippen LogP contribution in [0.25, 0.3) is 0 Å². The van der Waals surface area contributed by atoms with Crippen LogP contribution in [0.5, 0.6) is 0 Å². The standard InChI is InChI=1S/C48H58F2N4O4/c1-9-47(51(5)6,43(55)39-19-23-41(49)24-20-39)31-35-11-15-37(16-12-35)33(3)45(57)53-27-29-54(30-28-53)46(58)34(4)38-17-13-36(14-18-38)32-48(10-2,52(7)8)44(56)40-21-25-42(50)26-22-40/h11-26,33-34H,9-10,27-32H2,1-8H3. The summed E-state index contributed by atoms with van der Waals surface area (Å²) in [5, 5.41) is 0. The number of carbonyl (C=O) groups excluding carboxylic acids is 4. The molecule has 0 bridgehead atoms. The molecular weight excluding hydrogens is 735 g/mol. The number of amides is 2. The van der Waals surface area contributed by atoms with Gasteiger partial charge in [-0.15, -0.1) is 0 Å². The fourth-order valence-corrected chi connectivity index (χ4v) is 8.33. The molecule has 308 valence electrons. The Kier molecular flexibility index (Phi) is 14.2. The molecule has 1 saturated heterocycles. The third-order valence-corrected chi connectivity index (χ3v) is 12.5. The predicted octanol–water partition coefficient (Wildman–Crippen LogP) is 7.81. The second-order valence-electron chi connectivity index (χ2n) is 16.2. The molecule has 0 aliphatic carbocycles. The highest BCUT2D eigenvalue weighted by Gasteiger charge is 2.41. The van der Waals surface area contributed by atoms with E-state index >= 15 is 0 Å². The summed E-state index contributed by atoms with van der Waals surface area (Å²) in [7, 11) is 7.55. The molecule has 1 aliphatic rings. The van der Waals surface area contributed by atoms with Crippen LogP contribution in [0.4, 0.5) is 8.78 Å². The SMILES string of the molecule is CCC(Cc1ccc(C(C)C(=O)N2CCN(C(=O)C(C)c3ccc(CC(CC)(C(=O)c4ccc(F)cc4)N(C)C)cc3)CC2)cc1)(C(=O)c1ccc(F)cc1)N(C)C. The second kappa shape index (κ2) is 18.7. The van der Waals surface area contributed by atoms with Gasteiger partial charge in [0.1, 0.15) is 11.6 Å². The van der Waals surface area contributed by atoms with Gasteiger partial charge in [0.15, 0.2) is 11.6 Å². The van der Waals surface area contributed by atoms with Crippen LogP contribution >= 0.6 is 0 Å². The minimum Gasteiger partial charge on any atom is -0.339 e. The predicted molar refractivity (Wildman–Crippen MR) is 225 cm³/mol. The number of piperazine rings is 1. The number of carbonyl (C=O) groups is 4. The van der Waals surface area contributed by atoms with Gasteiger partial charge in [-0.3, -0.25) is 29.0 Å². The number of likely N-dealkylation sites (N-methyl/N-ethyl adjacent to an activating group) is 2. The van der Waals surface area contributed by atoms with Crippen molar-refractivity contribution in [2.75, 3.05) is 54.4 Å². The molecular formula is C48H58F2N4O4. The normalized spacial score (nSPS) is 16.4. The zero-order chi connectivity index (χ0) is 42.4. The molecule has 58 heavy (non-hydrogen) atoms. The summed E-state index contributed by atoms with van der Waals surface area (Å²) >= 11 is 0. The van der Waals surface area contributed by atoms with Crippen LogP contribution in [-0.4, -0.2) is 108 Å². The van der Waals surface area contributed by atoms with Crippen LogP contribution in [-0.2, 0) is 22.4 Å². The van der Waals surface area contributed by atoms with Crippen LogP contribution in [0.15, 0.2) is 97.1 Å². The molecule has 4 atom stereocenters. The lowest BCUT2D eigenvalue weighted by molar-refractivity contribution is -0.140. The van der Waals surface area contributed by atoms with Crippen molar-refractivity contribution in [3.8, 4) is 0 Å². The summed E-state index contributed by atoms with van der Waals surface area (Å²) in [5.74, 6) is -1.66. The van der Waals surface area contributed by atoms with Crippen molar-refractivity contribution in [2.45, 2.75) is 76.3 Å². The number of rotatable bonds is 16. The van der Waals surface area contributed by atoms with Crippen molar-refractivity contribution in [1.82, 2.24) is 19.6 Å². The van der Waals surface area contributed by atoms with E-state index in [1.807, 2.05) is 124 Å². The first-order valence-electron chi connectivity index (χ1n) is 20.3. The van der Waals surface area contributed by atoms with Gasteiger partial charge in [-0.25, -0.2) is 8.78 Å². The fourth-order valence-electron chi connectivity index (χ4n) is 8.33. The molecule has 0 N–H and O–H groups in total. The lowest BCUT2D eigenvalue weighted by atomic mass is 9.80. The Morgan fingerprint density at radius 1 is 0.534 bits per heavy atom. The first kappa shape index (κ1) is 44.1. The number of hydrogen-bond donors (Lipinski definition) is 0. The molecule has 10 heteroatoms. The summed E-state index contributed by atoms with van der Waals surface area (Å²) in [4.78, 5) is 62.4. The Hall–Kier alpha value is -5.06. The topological polar surface area (TPSA) is 81.2 Å². The van der Waals surface area contributed by atoms with Gasteiger partial charge in [0, 0.05) is 37.3 Å². The minimum absolute atomic E-state index is 0.00459. The van der Waals surface area contributed by atoms with Crippen LogP contribution in [0, 0.1) is 11.6 Å². The van der Waals surface area contributed by atoms with Gasteiger partial charge in [0.2, 0.25) is 11.8 Å². The maximum absolute atomic E-state index is 13.8. The Morgan fingerprint density at radius 3 is 1.09 bits per heavy atom. The Balaban J connectivity index is 1.17. The molecule has 0 radical (unpaired) electrons. The quantitative estimate of drug-likeness (QED) is 0.108. The number of benzene rings is 4. The number of halogens is 2. The lowest BCUT2D eigenvalue weighted by Gasteiger charge is -2.38. The van der Waals surface area contributed by atoms with E-state index < -0.39 is 11.1 Å². The molecule has 0 saturated carbocycles. The monoisotopic (exact) mass is 792 g/mol. The summed E-state index contributed by atoms with van der Waals surface area (Å²) in [5.41, 5.74) is 2.98. The maximum atomic E-state index is 13.8. The highest BCUT2D eigenvalue weighted by molar-refractivity contribution is 6.04. The van der Waals surface area contributed by atoms with Gasteiger partial charge in [-0.2, -0.15) is 0 Å². The van der Waals surface area contributed by atoms with Crippen LogP contribution < -0.4 is 0 Å². The average Bonchev–Trinajstić information content (AvgIpc) is 3.24. The van der Waals surface area contributed by atoms with E-state index in [-0.39, 0.29) is 46.9 Å². The molecule has 4 aromatic rings. The molecule has 8 nitrogen and oxygen atoms in total. The van der Waals surface area contributed by atoms with E-state index in [0.717, 1.165) is 22.3 Å². The van der Waals surface area contributed by atoms with Gasteiger partial charge in [-0.05, 0) is 139 Å². The third-order valence-electron chi connectivity index (χ3n) is 12.5. The summed E-state index contributed by atoms with van der Waals surface area (Å²) in [6.07, 6.45) is 2.05. The highest BCUT2D eigenvalue weighted by atomic mass is 19.1. The van der Waals surface area contributed by atoms with Gasteiger partial charge in [0.25, 0.3) is 0 Å². The van der Waals surface area contributed by atoms with E-state index in [0.29, 0.717) is 63.0 Å². The van der Waals surface area contributed by atoms with E-state index in [2.05, 4.69) is 0 Å². The number of ketones is 2. The van der Waals surface area contributed by atoms with E-state index in [9.17, 15) is 28.0 Å². The summed E-state index contributed by atoms with van der Waals surface area (Å²) in [6, 6.07) is 27.1. The van der Waals surface area contributed by atoms with Crippen LogP contribution in [0.3, 0.4) is 0 Å². The highest BCUT2D eigenvalue weighted by Crippen LogP contribution is 2.31. The Bertz CT molecular complexity index is 1890. The van der Waals surface area contributed by atoms with Gasteiger partial charge in [-0.1, -0.05) is 62.4 Å². The summed E-state index contributed by atoms with van der Waals surface area (Å²) < 4.78 is 27.2. The van der Waals surface area contributed by atoms with Gasteiger partial charge >= 0.3 is 0 Å². The van der Waals surface area contributed by atoms with Crippen molar-refractivity contribution in [2.24, 2.45) is 0 Å². The van der Waals surface area contributed by atoms with Gasteiger partial charge < -0.3 is 9.80 Å². The largest absolute Gasteiger partial charge is 0.339 e. The van der Waals surface area contributed by atoms with Crippen LogP contribution in [0.1, 0.15) is 95.3 Å². The van der Waals surface area contributed by atoms with Crippen molar-refractivity contribution in [3.05, 3.63) is 142 Å². The molecule has 1 aliphatic heterocycles. The molecule has 0 spiro atoms. The number of hydrogen-bond acceptors (Lipinski definition) is 6. The average molecular weight is 793 g/mol. The maximum Gasteiger partial charge on any atom is 0.229 e. The van der Waals surface area contributed by atoms with Crippen LogP contribution in [0.2, 0.25) is 0 Å². The van der Waals surface area contributed by atoms with Crippen molar-refractivity contribution in [3.63, 3.8) is 0 Å². The van der Waals surface area contributed by atoms with E-state index in [1.54, 1.807) is 0 Å². The molecule has 1 heterocycles. The van der Waals surface area contributed by atoms with E-state index in [4.69, 9.17) is 0 Å². The fraction of sp³-hybridized carbons (Fsp3) is 0.417. The molecule has 4 unspecified atom stereocenters. The molecule has 1 fully saturated rings. The first-order chi connectivity index (χ1) is 27.6. The molecule has 4 aromatic carbocycles. The molecule has 5 rings (SSSR count). The number of Topliss-reactive ketones (excluding diaryl/α,β-unsaturated/α-hetero) is 2. The second-order valence-corrected chi connectivity index (χ2v) is 16.2. The van der Waals surface area contributed by atoms with Gasteiger partial charge in [0.05, 0.1) is 22.9 Å². The zero-order valence-electron chi connectivity index (χ0n) is 35.2. The molecule has 0 aromatic heterocycles. The van der Waals surface area contributed by atoms with Crippen molar-refractivity contribution < 1.29 is 28.0 Å². The minimum atomic E-state index is -0.818. The van der Waals surface area contributed by atoms with E-state index in [1.165, 1.54) is 48.5 Å². The smallest absolute Gasteiger partial charge is 0.229 e. The van der Waals surface area contributed by atoms with Crippen molar-refractivity contribution in [1.29, 1.82) is 0 Å². The third kappa shape index (κ3) is 9.29. The summed E-state index contributed by atoms with van der Waals surface area (Å²) in [6.45, 7) is 9.53. The Labute approximate surface area is 342 Å². The molecule has 2 amide bonds. The Morgan fingerprint density at radius 2 is 0.828 bits per heavy atom. The first-order valence-corrected chi connectivity index (χ1v) is 20.3. The lowest BCUT2D eigenvalue weighted by Crippen LogP contribution is -2.52.